The topological polar surface area (TPSA) is 186 Å². The summed E-state index contributed by atoms with van der Waals surface area (Å²) in [6.45, 7) is 2.75. The van der Waals surface area contributed by atoms with Gasteiger partial charge in [-0.15, -0.1) is 0 Å². The van der Waals surface area contributed by atoms with Gasteiger partial charge >= 0.3 is 30.3 Å². The zero-order chi connectivity index (χ0) is 19.6. The Morgan fingerprint density at radius 1 is 0.720 bits per heavy atom. The molecule has 0 heterocycles. The van der Waals surface area contributed by atoms with Crippen molar-refractivity contribution in [3.63, 3.8) is 0 Å². The number of Topliss-reactive ketones (excluding diaryl/α,β-unsaturated/α-hetero) is 2. The predicted molar refractivity (Wildman–Crippen MR) is 76.0 cm³/mol. The molecule has 25 heavy (non-hydrogen) atoms. The first-order valence-corrected chi connectivity index (χ1v) is 6.58. The van der Waals surface area contributed by atoms with Crippen molar-refractivity contribution in [2.24, 2.45) is 0 Å². The third-order valence-electron chi connectivity index (χ3n) is 2.42. The Balaban J connectivity index is 6.17. The van der Waals surface area contributed by atoms with Crippen LogP contribution in [0.2, 0.25) is 0 Å². The number of carbonyl (C=O) groups is 5. The summed E-state index contributed by atoms with van der Waals surface area (Å²) in [5.41, 5.74) is 16.9. The molecule has 0 saturated carbocycles. The van der Waals surface area contributed by atoms with E-state index in [1.807, 2.05) is 0 Å². The Kier molecular flexibility index (Phi) is 8.88. The third-order valence-corrected chi connectivity index (χ3v) is 2.42. The van der Waals surface area contributed by atoms with Crippen molar-refractivity contribution in [3.8, 4) is 0 Å². The first-order valence-electron chi connectivity index (χ1n) is 6.58. The fourth-order valence-electron chi connectivity index (χ4n) is 1.67. The van der Waals surface area contributed by atoms with Gasteiger partial charge in [0.25, 0.3) is 11.6 Å². The third kappa shape index (κ3) is 7.55. The molecule has 1 unspecified atom stereocenters. The number of ketones is 2. The molecule has 0 radical (unpaired) electrons. The van der Waals surface area contributed by atoms with Crippen LogP contribution < -0.4 is 0 Å². The lowest BCUT2D eigenvalue weighted by atomic mass is 10.0. The molecule has 0 aliphatic heterocycles. The van der Waals surface area contributed by atoms with Gasteiger partial charge in [-0.3, -0.25) is 24.0 Å². The highest BCUT2D eigenvalue weighted by molar-refractivity contribution is 6.30. The highest BCUT2D eigenvalue weighted by atomic mass is 16.6. The van der Waals surface area contributed by atoms with E-state index >= 15 is 0 Å². The number of esters is 3. The Morgan fingerprint density at radius 2 is 1.04 bits per heavy atom. The molecule has 12 heteroatoms. The SMILES string of the molecule is CC(=O)OC([C@H](OC(C)=O)C(=O)C=[N+]=[N-])[C@@H](OC(C)=O)C(=O)C=[N+]=[N-]. The second kappa shape index (κ2) is 10.3. The van der Waals surface area contributed by atoms with E-state index < -0.39 is 47.8 Å². The Morgan fingerprint density at radius 3 is 1.28 bits per heavy atom. The second-order valence-electron chi connectivity index (χ2n) is 4.43. The lowest BCUT2D eigenvalue weighted by molar-refractivity contribution is -0.185. The molecular formula is C13H14N4O8. The molecule has 0 aromatic rings. The van der Waals surface area contributed by atoms with Crippen LogP contribution in [0.25, 0.3) is 11.1 Å². The van der Waals surface area contributed by atoms with Crippen molar-refractivity contribution in [1.29, 1.82) is 0 Å². The van der Waals surface area contributed by atoms with E-state index in [1.54, 1.807) is 0 Å². The first kappa shape index (κ1) is 21.5. The summed E-state index contributed by atoms with van der Waals surface area (Å²) in [6, 6.07) is 0. The van der Waals surface area contributed by atoms with Crippen LogP contribution in [0, 0.1) is 0 Å². The van der Waals surface area contributed by atoms with Gasteiger partial charge in [-0.25, -0.2) is 0 Å². The van der Waals surface area contributed by atoms with Crippen LogP contribution in [-0.4, -0.2) is 69.8 Å². The highest BCUT2D eigenvalue weighted by Gasteiger charge is 2.46. The molecule has 12 nitrogen and oxygen atoms in total. The number of hydrogen-bond acceptors (Lipinski definition) is 8. The summed E-state index contributed by atoms with van der Waals surface area (Å²) in [4.78, 5) is 62.6. The van der Waals surface area contributed by atoms with Crippen molar-refractivity contribution in [3.05, 3.63) is 11.1 Å². The number of hydrogen-bond donors (Lipinski definition) is 0. The Bertz CT molecular complexity index is 626. The molecule has 0 N–H and O–H groups in total. The minimum Gasteiger partial charge on any atom is -0.454 e. The van der Waals surface area contributed by atoms with E-state index in [4.69, 9.17) is 25.3 Å². The summed E-state index contributed by atoms with van der Waals surface area (Å²) in [5, 5.41) is 0. The van der Waals surface area contributed by atoms with Crippen LogP contribution in [0.15, 0.2) is 0 Å². The molecule has 3 atom stereocenters. The fraction of sp³-hybridized carbons (Fsp3) is 0.462. The predicted octanol–water partition coefficient (Wildman–Crippen LogP) is -1.48. The fourth-order valence-corrected chi connectivity index (χ4v) is 1.67. The zero-order valence-corrected chi connectivity index (χ0v) is 13.4. The quantitative estimate of drug-likeness (QED) is 0.158. The summed E-state index contributed by atoms with van der Waals surface area (Å²) in [6.07, 6.45) is -5.21. The van der Waals surface area contributed by atoms with Gasteiger partial charge in [-0.2, -0.15) is 9.58 Å². The van der Waals surface area contributed by atoms with Gasteiger partial charge in [-0.05, 0) is 0 Å². The van der Waals surface area contributed by atoms with E-state index in [0.29, 0.717) is 12.4 Å². The van der Waals surface area contributed by atoms with Gasteiger partial charge in [0.1, 0.15) is 0 Å². The standard InChI is InChI=1S/C13H14N4O8/c1-6(18)23-11(9(21)4-16-14)13(25-8(3)20)12(24-7(2)19)10(22)5-17-15/h4-5,11-13H,1-3H3/t11-,12+,13?. The van der Waals surface area contributed by atoms with E-state index in [-0.39, 0.29) is 0 Å². The first-order chi connectivity index (χ1) is 11.6. The van der Waals surface area contributed by atoms with Crippen molar-refractivity contribution in [2.45, 2.75) is 39.1 Å². The average molecular weight is 354 g/mol. The summed E-state index contributed by atoms with van der Waals surface area (Å²) >= 11 is 0. The lowest BCUT2D eigenvalue weighted by Gasteiger charge is -2.27. The summed E-state index contributed by atoms with van der Waals surface area (Å²) in [7, 11) is 0. The molecule has 0 aliphatic carbocycles. The number of rotatable bonds is 9. The normalized spacial score (nSPS) is 12.9. The number of nitrogens with zero attached hydrogens (tertiary/aromatic N) is 4. The van der Waals surface area contributed by atoms with Crippen molar-refractivity contribution < 1.29 is 47.8 Å². The molecule has 0 saturated heterocycles. The van der Waals surface area contributed by atoms with Gasteiger partial charge < -0.3 is 25.3 Å². The molecular weight excluding hydrogens is 340 g/mol. The van der Waals surface area contributed by atoms with Gasteiger partial charge in [0.2, 0.25) is 12.2 Å². The Labute approximate surface area is 140 Å². The largest absolute Gasteiger partial charge is 0.454 e. The van der Waals surface area contributed by atoms with Crippen LogP contribution in [0.3, 0.4) is 0 Å². The maximum atomic E-state index is 12.0. The van der Waals surface area contributed by atoms with Gasteiger partial charge in [0, 0.05) is 20.8 Å². The van der Waals surface area contributed by atoms with E-state index in [0.717, 1.165) is 20.8 Å². The lowest BCUT2D eigenvalue weighted by Crippen LogP contribution is -2.52. The monoisotopic (exact) mass is 354 g/mol. The molecule has 0 aliphatic rings. The summed E-state index contributed by atoms with van der Waals surface area (Å²) < 4.78 is 14.2. The Hall–Kier alpha value is -3.49. The van der Waals surface area contributed by atoms with Gasteiger partial charge in [-0.1, -0.05) is 0 Å². The van der Waals surface area contributed by atoms with Crippen molar-refractivity contribution in [2.75, 3.05) is 0 Å². The molecule has 0 rings (SSSR count). The van der Waals surface area contributed by atoms with E-state index in [9.17, 15) is 24.0 Å². The van der Waals surface area contributed by atoms with Crippen molar-refractivity contribution in [1.82, 2.24) is 0 Å². The zero-order valence-electron chi connectivity index (χ0n) is 13.4. The molecule has 0 bridgehead atoms. The van der Waals surface area contributed by atoms with Crippen LogP contribution in [-0.2, 0) is 38.2 Å². The van der Waals surface area contributed by atoms with Gasteiger partial charge in [0.05, 0.1) is 0 Å². The second-order valence-corrected chi connectivity index (χ2v) is 4.43. The molecule has 0 fully saturated rings. The minimum atomic E-state index is -1.97. The molecule has 0 amide bonds. The van der Waals surface area contributed by atoms with Crippen molar-refractivity contribution >= 4 is 41.9 Å². The van der Waals surface area contributed by atoms with Crippen LogP contribution in [0.1, 0.15) is 20.8 Å². The molecule has 0 aromatic heterocycles. The number of ether oxygens (including phenoxy) is 3. The average Bonchev–Trinajstić information content (AvgIpc) is 2.48. The van der Waals surface area contributed by atoms with E-state index in [1.165, 1.54) is 0 Å². The van der Waals surface area contributed by atoms with Crippen LogP contribution in [0.4, 0.5) is 0 Å². The van der Waals surface area contributed by atoms with E-state index in [2.05, 4.69) is 9.58 Å². The molecule has 0 spiro atoms. The number of carbonyl (C=O) groups excluding carboxylic acids is 5. The van der Waals surface area contributed by atoms with Crippen LogP contribution in [0.5, 0.6) is 0 Å². The molecule has 134 valence electrons. The van der Waals surface area contributed by atoms with Crippen LogP contribution >= 0.6 is 0 Å². The minimum absolute atomic E-state index is 0.333. The summed E-state index contributed by atoms with van der Waals surface area (Å²) in [5.74, 6) is -5.37. The molecule has 0 aromatic carbocycles. The smallest absolute Gasteiger partial charge is 0.327 e. The maximum Gasteiger partial charge on any atom is 0.327 e. The highest BCUT2D eigenvalue weighted by Crippen LogP contribution is 2.15. The maximum absolute atomic E-state index is 12.0. The van der Waals surface area contributed by atoms with Gasteiger partial charge in [0.15, 0.2) is 6.10 Å².